The predicted molar refractivity (Wildman–Crippen MR) is 89.3 cm³/mol. The molecular weight excluding hydrogens is 312 g/mol. The summed E-state index contributed by atoms with van der Waals surface area (Å²) in [6.45, 7) is 1.01. The van der Waals surface area contributed by atoms with E-state index in [1.54, 1.807) is 19.0 Å². The van der Waals surface area contributed by atoms with Crippen LogP contribution in [0.15, 0.2) is 21.9 Å². The van der Waals surface area contributed by atoms with Gasteiger partial charge in [-0.2, -0.15) is 0 Å². The van der Waals surface area contributed by atoms with E-state index in [2.05, 4.69) is 5.32 Å². The molecule has 0 aliphatic carbocycles. The van der Waals surface area contributed by atoms with E-state index < -0.39 is 11.2 Å². The van der Waals surface area contributed by atoms with Gasteiger partial charge in [-0.1, -0.05) is 0 Å². The predicted octanol–water partition coefficient (Wildman–Crippen LogP) is -0.918. The number of aromatic nitrogens is 2. The summed E-state index contributed by atoms with van der Waals surface area (Å²) in [5.74, 6) is -0.258. The molecule has 0 unspecified atom stereocenters. The third kappa shape index (κ3) is 3.64. The Morgan fingerprint density at radius 2 is 1.83 bits per heavy atom. The number of piperidine rings is 1. The number of aryl methyl sites for hydroxylation is 1. The molecule has 1 N–H and O–H groups in total. The van der Waals surface area contributed by atoms with Gasteiger partial charge in [0, 0.05) is 52.4 Å². The number of hydrogen-bond donors (Lipinski definition) is 1. The summed E-state index contributed by atoms with van der Waals surface area (Å²) >= 11 is 0. The third-order valence-electron chi connectivity index (χ3n) is 4.30. The van der Waals surface area contributed by atoms with E-state index in [1.807, 2.05) is 0 Å². The molecule has 1 aromatic heterocycles. The average molecular weight is 334 g/mol. The van der Waals surface area contributed by atoms with Crippen LogP contribution >= 0.6 is 0 Å². The fourth-order valence-electron chi connectivity index (χ4n) is 2.78. The van der Waals surface area contributed by atoms with Crippen molar-refractivity contribution in [3.05, 3.63) is 38.7 Å². The highest BCUT2D eigenvalue weighted by Crippen LogP contribution is 2.17. The Balaban J connectivity index is 2.06. The van der Waals surface area contributed by atoms with Crippen LogP contribution in [-0.4, -0.2) is 46.0 Å². The lowest BCUT2D eigenvalue weighted by Gasteiger charge is -2.30. The Hall–Kier alpha value is -2.64. The molecule has 0 atom stereocenters. The molecule has 0 bridgehead atoms. The van der Waals surface area contributed by atoms with Gasteiger partial charge in [0.15, 0.2) is 0 Å². The molecule has 0 aromatic carbocycles. The molecule has 1 aliphatic rings. The number of carbonyl (C=O) groups excluding carboxylic acids is 2. The lowest BCUT2D eigenvalue weighted by Crippen LogP contribution is -2.41. The summed E-state index contributed by atoms with van der Waals surface area (Å²) in [5, 5.41) is 2.63. The molecule has 0 radical (unpaired) electrons. The van der Waals surface area contributed by atoms with Crippen molar-refractivity contribution in [2.24, 2.45) is 20.0 Å². The average Bonchev–Trinajstić information content (AvgIpc) is 2.61. The van der Waals surface area contributed by atoms with Gasteiger partial charge in [0.2, 0.25) is 11.8 Å². The van der Waals surface area contributed by atoms with E-state index >= 15 is 0 Å². The van der Waals surface area contributed by atoms with Gasteiger partial charge in [-0.3, -0.25) is 19.0 Å². The van der Waals surface area contributed by atoms with Gasteiger partial charge in [0.25, 0.3) is 5.56 Å². The summed E-state index contributed by atoms with van der Waals surface area (Å²) in [6, 6.07) is 0. The van der Waals surface area contributed by atoms with E-state index in [0.29, 0.717) is 25.9 Å². The van der Waals surface area contributed by atoms with Crippen LogP contribution in [0, 0.1) is 5.92 Å². The molecular formula is C16H22N4O4. The molecule has 2 heterocycles. The maximum absolute atomic E-state index is 12.2. The van der Waals surface area contributed by atoms with Crippen LogP contribution < -0.4 is 16.6 Å². The summed E-state index contributed by atoms with van der Waals surface area (Å²) in [6.07, 6.45) is 5.42. The van der Waals surface area contributed by atoms with E-state index in [9.17, 15) is 19.2 Å². The molecule has 1 fully saturated rings. The Bertz CT molecular complexity index is 782. The van der Waals surface area contributed by atoms with E-state index in [0.717, 1.165) is 4.57 Å². The van der Waals surface area contributed by atoms with Gasteiger partial charge in [-0.05, 0) is 18.9 Å². The first-order valence-corrected chi connectivity index (χ1v) is 7.80. The largest absolute Gasteiger partial charge is 0.359 e. The summed E-state index contributed by atoms with van der Waals surface area (Å²) in [4.78, 5) is 49.1. The Morgan fingerprint density at radius 1 is 1.21 bits per heavy atom. The van der Waals surface area contributed by atoms with Crippen LogP contribution in [0.25, 0.3) is 6.08 Å². The monoisotopic (exact) mass is 334 g/mol. The van der Waals surface area contributed by atoms with Gasteiger partial charge < -0.3 is 14.8 Å². The van der Waals surface area contributed by atoms with Crippen LogP contribution in [0.5, 0.6) is 0 Å². The summed E-state index contributed by atoms with van der Waals surface area (Å²) < 4.78 is 2.29. The summed E-state index contributed by atoms with van der Waals surface area (Å²) in [5.41, 5.74) is -0.589. The fraction of sp³-hybridized carbons (Fsp3) is 0.500. The van der Waals surface area contributed by atoms with Gasteiger partial charge in [0.05, 0.1) is 5.56 Å². The third-order valence-corrected chi connectivity index (χ3v) is 4.30. The molecule has 1 saturated heterocycles. The molecule has 8 nitrogen and oxygen atoms in total. The van der Waals surface area contributed by atoms with Gasteiger partial charge in [0.1, 0.15) is 0 Å². The van der Waals surface area contributed by atoms with E-state index in [1.165, 1.54) is 30.0 Å². The number of carbonyl (C=O) groups is 2. The molecule has 24 heavy (non-hydrogen) atoms. The quantitative estimate of drug-likeness (QED) is 0.724. The number of likely N-dealkylation sites (tertiary alicyclic amines) is 1. The topological polar surface area (TPSA) is 93.4 Å². The Labute approximate surface area is 139 Å². The first-order chi connectivity index (χ1) is 11.3. The molecule has 2 rings (SSSR count). The zero-order chi connectivity index (χ0) is 17.9. The van der Waals surface area contributed by atoms with Crippen molar-refractivity contribution in [3.63, 3.8) is 0 Å². The number of nitrogens with zero attached hydrogens (tertiary/aromatic N) is 3. The second-order valence-corrected chi connectivity index (χ2v) is 5.89. The van der Waals surface area contributed by atoms with Crippen molar-refractivity contribution in [2.75, 3.05) is 20.1 Å². The fourth-order valence-corrected chi connectivity index (χ4v) is 2.78. The second kappa shape index (κ2) is 7.29. The highest BCUT2D eigenvalue weighted by atomic mass is 16.2. The van der Waals surface area contributed by atoms with Crippen molar-refractivity contribution in [1.29, 1.82) is 0 Å². The number of nitrogens with one attached hydrogen (secondary N) is 1. The number of hydrogen-bond acceptors (Lipinski definition) is 4. The maximum Gasteiger partial charge on any atom is 0.330 e. The molecule has 1 aliphatic heterocycles. The molecule has 0 saturated carbocycles. The standard InChI is InChI=1S/C16H22N4O4/c1-17-14(22)11-6-8-20(9-7-11)13(21)5-4-12-10-18(2)16(24)19(3)15(12)23/h4-5,10-11H,6-9H2,1-3H3,(H,17,22). The van der Waals surface area contributed by atoms with Crippen LogP contribution in [0.1, 0.15) is 18.4 Å². The van der Waals surface area contributed by atoms with Crippen molar-refractivity contribution in [1.82, 2.24) is 19.4 Å². The summed E-state index contributed by atoms with van der Waals surface area (Å²) in [7, 11) is 4.55. The Kier molecular flexibility index (Phi) is 5.38. The van der Waals surface area contributed by atoms with Crippen LogP contribution in [0.2, 0.25) is 0 Å². The minimum absolute atomic E-state index is 0.00587. The van der Waals surface area contributed by atoms with E-state index in [-0.39, 0.29) is 23.3 Å². The van der Waals surface area contributed by atoms with Crippen molar-refractivity contribution in [3.8, 4) is 0 Å². The molecule has 0 spiro atoms. The van der Waals surface area contributed by atoms with E-state index in [4.69, 9.17) is 0 Å². The Morgan fingerprint density at radius 3 is 2.42 bits per heavy atom. The van der Waals surface area contributed by atoms with Gasteiger partial charge in [-0.15, -0.1) is 0 Å². The molecule has 130 valence electrons. The second-order valence-electron chi connectivity index (χ2n) is 5.89. The van der Waals surface area contributed by atoms with Gasteiger partial charge in [-0.25, -0.2) is 4.79 Å². The molecule has 8 heteroatoms. The van der Waals surface area contributed by atoms with Crippen LogP contribution in [0.4, 0.5) is 0 Å². The zero-order valence-electron chi connectivity index (χ0n) is 14.1. The zero-order valence-corrected chi connectivity index (χ0v) is 14.1. The lowest BCUT2D eigenvalue weighted by molar-refractivity contribution is -0.131. The SMILES string of the molecule is CNC(=O)C1CCN(C(=O)C=Cc2cn(C)c(=O)n(C)c2=O)CC1. The van der Waals surface area contributed by atoms with Crippen molar-refractivity contribution < 1.29 is 9.59 Å². The first-order valence-electron chi connectivity index (χ1n) is 7.80. The first kappa shape index (κ1) is 17.7. The normalized spacial score (nSPS) is 15.7. The highest BCUT2D eigenvalue weighted by Gasteiger charge is 2.25. The number of rotatable bonds is 3. The number of amides is 2. The molecule has 2 amide bonds. The van der Waals surface area contributed by atoms with Crippen LogP contribution in [0.3, 0.4) is 0 Å². The van der Waals surface area contributed by atoms with Crippen molar-refractivity contribution in [2.45, 2.75) is 12.8 Å². The van der Waals surface area contributed by atoms with Crippen LogP contribution in [-0.2, 0) is 23.7 Å². The smallest absolute Gasteiger partial charge is 0.330 e. The van der Waals surface area contributed by atoms with Gasteiger partial charge >= 0.3 is 5.69 Å². The maximum atomic E-state index is 12.2. The minimum atomic E-state index is -0.444. The minimum Gasteiger partial charge on any atom is -0.359 e. The lowest BCUT2D eigenvalue weighted by atomic mass is 9.96. The van der Waals surface area contributed by atoms with Crippen molar-refractivity contribution >= 4 is 17.9 Å². The molecule has 1 aromatic rings. The highest BCUT2D eigenvalue weighted by molar-refractivity contribution is 5.92.